The van der Waals surface area contributed by atoms with Crippen molar-refractivity contribution in [3.63, 3.8) is 0 Å². The summed E-state index contributed by atoms with van der Waals surface area (Å²) in [6.07, 6.45) is 3.84. The molecule has 0 radical (unpaired) electrons. The van der Waals surface area contributed by atoms with Gasteiger partial charge in [-0.25, -0.2) is 4.98 Å². The predicted molar refractivity (Wildman–Crippen MR) is 206 cm³/mol. The van der Waals surface area contributed by atoms with Crippen LogP contribution in [-0.4, -0.2) is 19.3 Å². The topological polar surface area (TPSA) is 44.9 Å². The number of pyridine rings is 1. The largest absolute Gasteiger partial charge is 2.00 e. The number of para-hydroxylation sites is 1. The van der Waals surface area contributed by atoms with Gasteiger partial charge in [-0.05, 0) is 97.0 Å². The molecule has 0 aliphatic heterocycles. The van der Waals surface area contributed by atoms with Crippen molar-refractivity contribution in [2.45, 2.75) is 87.0 Å². The van der Waals surface area contributed by atoms with Gasteiger partial charge >= 0.3 is 21.1 Å². The third-order valence-electron chi connectivity index (χ3n) is 9.94. The van der Waals surface area contributed by atoms with Gasteiger partial charge in [0.15, 0.2) is 0 Å². The molecule has 0 saturated carbocycles. The number of benzene rings is 4. The second-order valence-electron chi connectivity index (χ2n) is 14.1. The minimum Gasteiger partial charge on any atom is -0.509 e. The molecule has 0 saturated heterocycles. The normalized spacial score (nSPS) is 11.6. The van der Waals surface area contributed by atoms with Crippen LogP contribution in [0.5, 0.6) is 11.5 Å². The monoisotopic (exact) mass is 853 g/mol. The third kappa shape index (κ3) is 6.69. The van der Waals surface area contributed by atoms with E-state index in [-0.39, 0.29) is 27.0 Å². The van der Waals surface area contributed by atoms with Gasteiger partial charge in [-0.2, -0.15) is 11.2 Å². The molecule has 7 aromatic rings. The molecule has 5 nitrogen and oxygen atoms in total. The Bertz CT molecular complexity index is 2350. The molecule has 51 heavy (non-hydrogen) atoms. The molecule has 6 heteroatoms. The van der Waals surface area contributed by atoms with Crippen molar-refractivity contribution in [1.82, 2.24) is 19.3 Å². The van der Waals surface area contributed by atoms with Crippen LogP contribution in [0.3, 0.4) is 0 Å². The van der Waals surface area contributed by atoms with Gasteiger partial charge < -0.3 is 9.30 Å². The fourth-order valence-corrected chi connectivity index (χ4v) is 7.32. The summed E-state index contributed by atoms with van der Waals surface area (Å²) in [5.41, 5.74) is 14.0. The molecule has 3 heterocycles. The Hall–Kier alpha value is -4.47. The minimum absolute atomic E-state index is 0. The number of fused-ring (bicyclic) bond motifs is 3. The van der Waals surface area contributed by atoms with Crippen LogP contribution in [0.4, 0.5) is 0 Å². The van der Waals surface area contributed by atoms with Crippen LogP contribution in [0.25, 0.3) is 44.4 Å². The van der Waals surface area contributed by atoms with Gasteiger partial charge in [0.1, 0.15) is 5.82 Å². The molecule has 0 unspecified atom stereocenters. The zero-order chi connectivity index (χ0) is 35.3. The molecule has 0 aliphatic rings. The Morgan fingerprint density at radius 2 is 1.43 bits per heavy atom. The maximum Gasteiger partial charge on any atom is 2.00 e. The average Bonchev–Trinajstić information content (AvgIpc) is 3.59. The Balaban J connectivity index is 0.00000448. The van der Waals surface area contributed by atoms with Crippen molar-refractivity contribution in [3.05, 3.63) is 130 Å². The summed E-state index contributed by atoms with van der Waals surface area (Å²) in [7, 11) is 0. The van der Waals surface area contributed by atoms with E-state index in [9.17, 15) is 0 Å². The van der Waals surface area contributed by atoms with E-state index in [1.165, 1.54) is 33.4 Å². The SMILES string of the molecule is CCc1cc(C)cc(CC)c1-c1c(C)nn(-c2[c-]c(Oc3[c-]c4c(cc3)c3ccccc3n4-c3cc(C(C)C)ccn3)cc(C(C)C)c2)c1C.[Pt+2]. The van der Waals surface area contributed by atoms with E-state index in [2.05, 4.69) is 146 Å². The molecule has 0 bridgehead atoms. The second-order valence-corrected chi connectivity index (χ2v) is 14.1. The smallest absolute Gasteiger partial charge is 0.509 e. The average molecular weight is 854 g/mol. The molecule has 262 valence electrons. The van der Waals surface area contributed by atoms with Crippen molar-refractivity contribution in [1.29, 1.82) is 0 Å². The first-order valence-corrected chi connectivity index (χ1v) is 17.9. The molecule has 0 amide bonds. The number of rotatable bonds is 9. The first-order valence-electron chi connectivity index (χ1n) is 17.9. The van der Waals surface area contributed by atoms with Crippen LogP contribution >= 0.6 is 0 Å². The van der Waals surface area contributed by atoms with Gasteiger partial charge in [-0.15, -0.1) is 41.3 Å². The van der Waals surface area contributed by atoms with Crippen LogP contribution in [-0.2, 0) is 33.9 Å². The zero-order valence-corrected chi connectivity index (χ0v) is 33.4. The molecular formula is C45H46N4OPt. The number of aryl methyl sites for hydroxylation is 4. The zero-order valence-electron chi connectivity index (χ0n) is 31.1. The quantitative estimate of drug-likeness (QED) is 0.136. The molecule has 0 N–H and O–H groups in total. The fourth-order valence-electron chi connectivity index (χ4n) is 7.32. The number of nitrogens with zero attached hydrogens (tertiary/aromatic N) is 4. The molecule has 0 atom stereocenters. The van der Waals surface area contributed by atoms with Crippen LogP contribution in [0, 0.1) is 32.9 Å². The molecule has 0 spiro atoms. The van der Waals surface area contributed by atoms with Crippen LogP contribution in [0.15, 0.2) is 79.0 Å². The van der Waals surface area contributed by atoms with E-state index in [1.807, 2.05) is 16.9 Å². The van der Waals surface area contributed by atoms with Crippen LogP contribution in [0.2, 0.25) is 0 Å². The summed E-state index contributed by atoms with van der Waals surface area (Å²) in [6, 6.07) is 33.0. The summed E-state index contributed by atoms with van der Waals surface area (Å²) in [5.74, 6) is 2.81. The van der Waals surface area contributed by atoms with Gasteiger partial charge in [0.2, 0.25) is 0 Å². The van der Waals surface area contributed by atoms with Crippen molar-refractivity contribution in [2.75, 3.05) is 0 Å². The number of aromatic nitrogens is 4. The van der Waals surface area contributed by atoms with E-state index >= 15 is 0 Å². The summed E-state index contributed by atoms with van der Waals surface area (Å²) in [6.45, 7) is 19.8. The molecule has 0 aliphatic carbocycles. The first-order chi connectivity index (χ1) is 24.1. The number of hydrogen-bond acceptors (Lipinski definition) is 3. The molecule has 7 rings (SSSR count). The minimum atomic E-state index is 0. The second kappa shape index (κ2) is 14.6. The molecule has 4 aromatic carbocycles. The van der Waals surface area contributed by atoms with Crippen LogP contribution < -0.4 is 4.74 Å². The first kappa shape index (κ1) is 36.3. The van der Waals surface area contributed by atoms with E-state index in [0.29, 0.717) is 17.4 Å². The number of ether oxygens (including phenoxy) is 1. The Morgan fingerprint density at radius 1 is 0.725 bits per heavy atom. The number of hydrogen-bond donors (Lipinski definition) is 0. The standard InChI is InChI=1S/C45H46N4O.Pt/c1-10-32-20-29(7)21-33(11-2)45(32)44-30(8)47-49(31(44)9)36-22-35(28(5)6)23-38(25-36)50-37-16-17-40-39-14-12-13-15-41(39)48(42(40)26-37)43-24-34(27(3)4)18-19-46-43;/h12-24,27-28H,10-11H2,1-9H3;/q-2;+2. The molecule has 0 fully saturated rings. The predicted octanol–water partition coefficient (Wildman–Crippen LogP) is 11.7. The summed E-state index contributed by atoms with van der Waals surface area (Å²) in [5, 5.41) is 7.38. The van der Waals surface area contributed by atoms with Crippen LogP contribution in [0.1, 0.15) is 92.6 Å². The Kier molecular flexibility index (Phi) is 10.4. The van der Waals surface area contributed by atoms with E-state index in [0.717, 1.165) is 63.1 Å². The van der Waals surface area contributed by atoms with Crippen molar-refractivity contribution in [3.8, 4) is 34.1 Å². The van der Waals surface area contributed by atoms with Crippen molar-refractivity contribution >= 4 is 21.8 Å². The van der Waals surface area contributed by atoms with Gasteiger partial charge in [0, 0.05) is 34.5 Å². The third-order valence-corrected chi connectivity index (χ3v) is 9.94. The van der Waals surface area contributed by atoms with E-state index < -0.39 is 0 Å². The Labute approximate surface area is 317 Å². The van der Waals surface area contributed by atoms with Crippen molar-refractivity contribution in [2.24, 2.45) is 0 Å². The summed E-state index contributed by atoms with van der Waals surface area (Å²) >= 11 is 0. The Morgan fingerprint density at radius 3 is 2.12 bits per heavy atom. The van der Waals surface area contributed by atoms with Gasteiger partial charge in [-0.1, -0.05) is 83.0 Å². The van der Waals surface area contributed by atoms with E-state index in [4.69, 9.17) is 14.8 Å². The summed E-state index contributed by atoms with van der Waals surface area (Å²) in [4.78, 5) is 4.81. The van der Waals surface area contributed by atoms with E-state index in [1.54, 1.807) is 0 Å². The van der Waals surface area contributed by atoms with Gasteiger partial charge in [-0.3, -0.25) is 4.68 Å². The fraction of sp³-hybridized carbons (Fsp3) is 0.289. The molecule has 3 aromatic heterocycles. The maximum atomic E-state index is 6.65. The van der Waals surface area contributed by atoms with Gasteiger partial charge in [0.05, 0.1) is 5.69 Å². The molecular weight excluding hydrogens is 808 g/mol. The summed E-state index contributed by atoms with van der Waals surface area (Å²) < 4.78 is 10.9. The maximum absolute atomic E-state index is 6.65. The van der Waals surface area contributed by atoms with Crippen molar-refractivity contribution < 1.29 is 25.8 Å². The van der Waals surface area contributed by atoms with Gasteiger partial charge in [0.25, 0.3) is 0 Å².